The van der Waals surface area contributed by atoms with Crippen LogP contribution in [0.1, 0.15) is 121 Å². The summed E-state index contributed by atoms with van der Waals surface area (Å²) >= 11 is 0. The number of fused-ring (bicyclic) bond motifs is 3. The van der Waals surface area contributed by atoms with E-state index in [0.29, 0.717) is 6.04 Å². The minimum atomic E-state index is -0.252. The molecule has 0 saturated heterocycles. The normalized spacial score (nSPS) is 15.0. The van der Waals surface area contributed by atoms with Crippen molar-refractivity contribution < 1.29 is 0 Å². The van der Waals surface area contributed by atoms with Gasteiger partial charge in [0.1, 0.15) is 0 Å². The second kappa shape index (κ2) is 13.0. The van der Waals surface area contributed by atoms with Gasteiger partial charge < -0.3 is 21.7 Å². The van der Waals surface area contributed by atoms with Crippen LogP contribution in [-0.2, 0) is 11.0 Å². The molecule has 5 rings (SSSR count). The van der Waals surface area contributed by atoms with E-state index in [4.69, 9.17) is 11.5 Å². The molecule has 4 aromatic rings. The second-order valence-electron chi connectivity index (χ2n) is 14.3. The summed E-state index contributed by atoms with van der Waals surface area (Å²) < 4.78 is 0. The van der Waals surface area contributed by atoms with Gasteiger partial charge in [0, 0.05) is 40.6 Å². The van der Waals surface area contributed by atoms with E-state index >= 15 is 0 Å². The van der Waals surface area contributed by atoms with Crippen LogP contribution >= 0.6 is 0 Å². The molecule has 45 heavy (non-hydrogen) atoms. The molecule has 5 N–H and O–H groups in total. The second-order valence-corrected chi connectivity index (χ2v) is 14.3. The third kappa shape index (κ3) is 6.55. The maximum atomic E-state index is 6.41. The molecule has 2 atom stereocenters. The minimum absolute atomic E-state index is 0.0935. The number of hydrogen-bond donors (Lipinski definition) is 3. The molecule has 2 unspecified atom stereocenters. The largest absolute Gasteiger partial charge is 0.376 e. The average molecular weight is 603 g/mol. The predicted octanol–water partition coefficient (Wildman–Crippen LogP) is 10.5. The summed E-state index contributed by atoms with van der Waals surface area (Å²) in [6, 6.07) is 32.1. The zero-order valence-corrected chi connectivity index (χ0v) is 28.7. The Morgan fingerprint density at radius 2 is 1.18 bits per heavy atom. The highest BCUT2D eigenvalue weighted by Gasteiger charge is 2.37. The lowest BCUT2D eigenvalue weighted by Crippen LogP contribution is -2.28. The maximum absolute atomic E-state index is 6.41. The SMILES string of the molecule is CCCC(N)c1ccc(NC(C)(C)c2ccc3c(c2)C(C)(C)c2cc(N(c4ccc(C(N)CCC)cc4)C(C)C)ccc2-3)cc1. The van der Waals surface area contributed by atoms with Crippen molar-refractivity contribution in [1.82, 2.24) is 0 Å². The number of benzene rings is 4. The van der Waals surface area contributed by atoms with Gasteiger partial charge in [0.25, 0.3) is 0 Å². The fraction of sp³-hybridized carbons (Fsp3) is 0.415. The van der Waals surface area contributed by atoms with Crippen molar-refractivity contribution >= 4 is 17.1 Å². The standard InChI is InChI=1S/C41H54N4/c1-9-11-38(42)28-13-18-31(19-14-28)44-41(7,8)30-17-23-34-35-24-22-33(26-37(35)40(5,6)36(34)25-30)45(27(3)4)32-20-15-29(16-21-32)39(43)12-10-2/h13-27,38-39,44H,9-12,42-43H2,1-8H3. The lowest BCUT2D eigenvalue weighted by molar-refractivity contribution is 0.601. The van der Waals surface area contributed by atoms with Gasteiger partial charge in [-0.3, -0.25) is 0 Å². The van der Waals surface area contributed by atoms with Gasteiger partial charge in [-0.1, -0.05) is 89.1 Å². The summed E-state index contributed by atoms with van der Waals surface area (Å²) in [5.74, 6) is 0. The van der Waals surface area contributed by atoms with E-state index in [1.165, 1.54) is 50.3 Å². The van der Waals surface area contributed by atoms with Gasteiger partial charge in [-0.25, -0.2) is 0 Å². The Morgan fingerprint density at radius 3 is 1.71 bits per heavy atom. The molecule has 0 fully saturated rings. The molecule has 0 aliphatic heterocycles. The quantitative estimate of drug-likeness (QED) is 0.151. The highest BCUT2D eigenvalue weighted by atomic mass is 15.2. The molecule has 0 bridgehead atoms. The summed E-state index contributed by atoms with van der Waals surface area (Å²) in [4.78, 5) is 2.44. The van der Waals surface area contributed by atoms with Crippen LogP contribution in [-0.4, -0.2) is 6.04 Å². The van der Waals surface area contributed by atoms with Gasteiger partial charge in [0.05, 0.1) is 5.54 Å². The first kappa shape index (κ1) is 32.8. The summed E-state index contributed by atoms with van der Waals surface area (Å²) in [6.07, 6.45) is 4.19. The monoisotopic (exact) mass is 602 g/mol. The molecule has 0 heterocycles. The van der Waals surface area contributed by atoms with Gasteiger partial charge in [-0.15, -0.1) is 0 Å². The fourth-order valence-electron chi connectivity index (χ4n) is 7.09. The van der Waals surface area contributed by atoms with Crippen LogP contribution in [0.15, 0.2) is 84.9 Å². The Balaban J connectivity index is 1.42. The third-order valence-corrected chi connectivity index (χ3v) is 9.77. The van der Waals surface area contributed by atoms with Crippen molar-refractivity contribution in [3.63, 3.8) is 0 Å². The summed E-state index contributed by atoms with van der Waals surface area (Å²) in [5, 5.41) is 3.79. The van der Waals surface area contributed by atoms with E-state index in [2.05, 4.69) is 151 Å². The third-order valence-electron chi connectivity index (χ3n) is 9.77. The van der Waals surface area contributed by atoms with Crippen LogP contribution in [0, 0.1) is 0 Å². The summed E-state index contributed by atoms with van der Waals surface area (Å²) in [6.45, 7) is 18.2. The van der Waals surface area contributed by atoms with Crippen molar-refractivity contribution in [1.29, 1.82) is 0 Å². The van der Waals surface area contributed by atoms with Gasteiger partial charge in [0.15, 0.2) is 0 Å². The van der Waals surface area contributed by atoms with Crippen molar-refractivity contribution in [2.24, 2.45) is 11.5 Å². The summed E-state index contributed by atoms with van der Waals surface area (Å²) in [7, 11) is 0. The van der Waals surface area contributed by atoms with Gasteiger partial charge in [-0.2, -0.15) is 0 Å². The number of nitrogens with two attached hydrogens (primary N) is 2. The lowest BCUT2D eigenvalue weighted by atomic mass is 9.80. The zero-order valence-electron chi connectivity index (χ0n) is 28.7. The fourth-order valence-corrected chi connectivity index (χ4v) is 7.09. The first-order valence-electron chi connectivity index (χ1n) is 17.0. The smallest absolute Gasteiger partial charge is 0.0569 e. The molecule has 4 nitrogen and oxygen atoms in total. The highest BCUT2D eigenvalue weighted by Crippen LogP contribution is 2.51. The van der Waals surface area contributed by atoms with Crippen LogP contribution in [0.5, 0.6) is 0 Å². The van der Waals surface area contributed by atoms with E-state index in [-0.39, 0.29) is 23.0 Å². The van der Waals surface area contributed by atoms with Crippen molar-refractivity contribution in [3.05, 3.63) is 113 Å². The van der Waals surface area contributed by atoms with E-state index in [0.717, 1.165) is 31.4 Å². The molecule has 4 heteroatoms. The van der Waals surface area contributed by atoms with Gasteiger partial charge in [-0.05, 0) is 116 Å². The van der Waals surface area contributed by atoms with E-state index in [1.54, 1.807) is 0 Å². The van der Waals surface area contributed by atoms with E-state index in [9.17, 15) is 0 Å². The molecule has 1 aliphatic carbocycles. The average Bonchev–Trinajstić information content (AvgIpc) is 3.23. The molecular formula is C41H54N4. The predicted molar refractivity (Wildman–Crippen MR) is 194 cm³/mol. The van der Waals surface area contributed by atoms with E-state index in [1.807, 2.05) is 0 Å². The number of nitrogens with one attached hydrogen (secondary N) is 1. The Kier molecular flexibility index (Phi) is 9.49. The Bertz CT molecular complexity index is 1600. The zero-order chi connectivity index (χ0) is 32.5. The minimum Gasteiger partial charge on any atom is -0.376 e. The molecule has 0 spiro atoms. The molecule has 0 aromatic heterocycles. The van der Waals surface area contributed by atoms with Crippen molar-refractivity contribution in [2.45, 2.75) is 110 Å². The Labute approximate surface area is 272 Å². The van der Waals surface area contributed by atoms with Crippen LogP contribution in [0.2, 0.25) is 0 Å². The number of rotatable bonds is 12. The topological polar surface area (TPSA) is 67.3 Å². The number of nitrogens with zero attached hydrogens (tertiary/aromatic N) is 1. The molecule has 1 aliphatic rings. The van der Waals surface area contributed by atoms with Gasteiger partial charge >= 0.3 is 0 Å². The van der Waals surface area contributed by atoms with Gasteiger partial charge in [0.2, 0.25) is 0 Å². The molecule has 0 radical (unpaired) electrons. The van der Waals surface area contributed by atoms with Crippen molar-refractivity contribution in [2.75, 3.05) is 10.2 Å². The number of anilines is 3. The van der Waals surface area contributed by atoms with Crippen LogP contribution in [0.25, 0.3) is 11.1 Å². The Hall–Kier alpha value is -3.60. The molecule has 238 valence electrons. The molecule has 4 aromatic carbocycles. The Morgan fingerprint density at radius 1 is 0.689 bits per heavy atom. The van der Waals surface area contributed by atoms with Crippen molar-refractivity contribution in [3.8, 4) is 11.1 Å². The van der Waals surface area contributed by atoms with E-state index < -0.39 is 0 Å². The number of hydrogen-bond acceptors (Lipinski definition) is 4. The molecule has 0 saturated carbocycles. The molecule has 0 amide bonds. The first-order valence-corrected chi connectivity index (χ1v) is 17.0. The van der Waals surface area contributed by atoms with Crippen LogP contribution in [0.3, 0.4) is 0 Å². The lowest BCUT2D eigenvalue weighted by Gasteiger charge is -2.32. The first-order chi connectivity index (χ1) is 21.4. The highest BCUT2D eigenvalue weighted by molar-refractivity contribution is 5.84. The maximum Gasteiger partial charge on any atom is 0.0569 e. The van der Waals surface area contributed by atoms with Crippen LogP contribution in [0.4, 0.5) is 17.1 Å². The molecular weight excluding hydrogens is 548 g/mol. The van der Waals surface area contributed by atoms with Crippen LogP contribution < -0.4 is 21.7 Å². The summed E-state index contributed by atoms with van der Waals surface area (Å²) in [5.41, 5.74) is 25.0.